The largest absolute Gasteiger partial charge is 0.316 e. The average molecular weight is 675 g/mol. The van der Waals surface area contributed by atoms with Crippen molar-refractivity contribution in [3.63, 3.8) is 0 Å². The number of benzene rings is 3. The summed E-state index contributed by atoms with van der Waals surface area (Å²) in [6.45, 7) is 2.98. The predicted octanol–water partition coefficient (Wildman–Crippen LogP) is 4.62. The van der Waals surface area contributed by atoms with Crippen LogP contribution in [0, 0.1) is 13.8 Å². The maximum Gasteiger partial charge on any atom is 0.259 e. The van der Waals surface area contributed by atoms with E-state index in [1.807, 2.05) is 30.5 Å². The fraction of sp³-hybridized carbons (Fsp3) is 0.200. The first-order chi connectivity index (χ1) is 20.9. The Kier molecular flexibility index (Phi) is 9.30. The van der Waals surface area contributed by atoms with Crippen LogP contribution in [0.3, 0.4) is 0 Å². The minimum absolute atomic E-state index is 0.00668. The number of aromatic nitrogens is 1. The highest BCUT2D eigenvalue weighted by atomic mass is 35.5. The summed E-state index contributed by atoms with van der Waals surface area (Å²) in [6.07, 6.45) is 1.44. The zero-order valence-electron chi connectivity index (χ0n) is 23.8. The predicted molar refractivity (Wildman–Crippen MR) is 170 cm³/mol. The van der Waals surface area contributed by atoms with E-state index in [0.717, 1.165) is 20.0 Å². The van der Waals surface area contributed by atoms with Crippen LogP contribution in [-0.2, 0) is 24.8 Å². The molecule has 0 spiro atoms. The Morgan fingerprint density at radius 3 is 2.11 bits per heavy atom. The van der Waals surface area contributed by atoms with E-state index in [4.69, 9.17) is 23.2 Å². The SMILES string of the molecule is Cc1cc(/C=N\NC(=O)[C@H]2CN(S(=O)(=O)c3ccccc3)CCN2S(=O)(=O)c2ccccc2)c(C)n1-c1cccc(Cl)c1Cl. The number of aryl methyl sites for hydroxylation is 1. The van der Waals surface area contributed by atoms with Gasteiger partial charge in [0.25, 0.3) is 5.91 Å². The van der Waals surface area contributed by atoms with E-state index in [0.29, 0.717) is 21.3 Å². The molecule has 1 saturated heterocycles. The number of nitrogens with one attached hydrogen (secondary N) is 1. The van der Waals surface area contributed by atoms with Crippen molar-refractivity contribution in [2.24, 2.45) is 5.10 Å². The molecule has 0 saturated carbocycles. The van der Waals surface area contributed by atoms with Crippen molar-refractivity contribution in [3.8, 4) is 5.69 Å². The highest BCUT2D eigenvalue weighted by molar-refractivity contribution is 7.89. The molecule has 14 heteroatoms. The summed E-state index contributed by atoms with van der Waals surface area (Å²) in [5.74, 6) is -0.777. The van der Waals surface area contributed by atoms with Gasteiger partial charge in [0.2, 0.25) is 20.0 Å². The van der Waals surface area contributed by atoms with Gasteiger partial charge in [-0.25, -0.2) is 22.3 Å². The molecule has 3 aromatic carbocycles. The smallest absolute Gasteiger partial charge is 0.259 e. The summed E-state index contributed by atoms with van der Waals surface area (Å²) in [6, 6.07) is 21.3. The van der Waals surface area contributed by atoms with Crippen LogP contribution in [-0.4, -0.2) is 67.8 Å². The molecule has 1 aromatic heterocycles. The van der Waals surface area contributed by atoms with Gasteiger partial charge in [-0.15, -0.1) is 0 Å². The number of carbonyl (C=O) groups excluding carboxylic acids is 1. The van der Waals surface area contributed by atoms with Crippen LogP contribution in [0.2, 0.25) is 10.0 Å². The number of carbonyl (C=O) groups is 1. The van der Waals surface area contributed by atoms with Crippen LogP contribution in [0.5, 0.6) is 0 Å². The minimum Gasteiger partial charge on any atom is -0.316 e. The first-order valence-corrected chi connectivity index (χ1v) is 17.1. The van der Waals surface area contributed by atoms with E-state index < -0.39 is 38.5 Å². The number of amides is 1. The summed E-state index contributed by atoms with van der Waals surface area (Å²) in [5, 5.41) is 4.91. The van der Waals surface area contributed by atoms with Gasteiger partial charge in [-0.05, 0) is 56.3 Å². The number of hydrogen-bond acceptors (Lipinski definition) is 6. The fourth-order valence-electron chi connectivity index (χ4n) is 5.12. The zero-order valence-corrected chi connectivity index (χ0v) is 26.9. The lowest BCUT2D eigenvalue weighted by atomic mass is 10.2. The zero-order chi connectivity index (χ0) is 31.6. The Hall–Kier alpha value is -3.52. The normalized spacial score (nSPS) is 16.8. The summed E-state index contributed by atoms with van der Waals surface area (Å²) in [7, 11) is -8.14. The first kappa shape index (κ1) is 31.9. The van der Waals surface area contributed by atoms with E-state index >= 15 is 0 Å². The molecule has 10 nitrogen and oxygen atoms in total. The topological polar surface area (TPSA) is 121 Å². The number of hydrazone groups is 1. The van der Waals surface area contributed by atoms with Crippen molar-refractivity contribution >= 4 is 55.4 Å². The number of halogens is 2. The maximum absolute atomic E-state index is 13.6. The van der Waals surface area contributed by atoms with Crippen molar-refractivity contribution in [2.75, 3.05) is 19.6 Å². The molecule has 1 N–H and O–H groups in total. The Labute approximate surface area is 266 Å². The van der Waals surface area contributed by atoms with Gasteiger partial charge in [0.1, 0.15) is 6.04 Å². The molecule has 1 fully saturated rings. The molecule has 0 radical (unpaired) electrons. The number of hydrogen-bond donors (Lipinski definition) is 1. The molecule has 1 amide bonds. The standard InChI is InChI=1S/C30H29Cl2N5O5S2/c1-21-18-23(22(2)37(21)27-15-9-14-26(31)29(27)32)19-33-34-30(38)28-20-35(43(39,40)24-10-5-3-6-11-24)16-17-36(28)44(41,42)25-12-7-4-8-13-25/h3-15,18-19,28H,16-17,20H2,1-2H3,(H,34,38)/b33-19-/t28-/m1/s1. The van der Waals surface area contributed by atoms with Crippen molar-refractivity contribution in [3.05, 3.63) is 112 Å². The molecule has 0 aliphatic carbocycles. The molecule has 0 unspecified atom stereocenters. The molecule has 1 aliphatic rings. The second-order valence-corrected chi connectivity index (χ2v) is 14.7. The van der Waals surface area contributed by atoms with Gasteiger partial charge in [0.05, 0.1) is 31.7 Å². The minimum atomic E-state index is -4.14. The monoisotopic (exact) mass is 673 g/mol. The van der Waals surface area contributed by atoms with Gasteiger partial charge in [-0.2, -0.15) is 13.7 Å². The third kappa shape index (κ3) is 6.19. The highest BCUT2D eigenvalue weighted by Crippen LogP contribution is 2.31. The highest BCUT2D eigenvalue weighted by Gasteiger charge is 2.43. The van der Waals surface area contributed by atoms with E-state index in [1.54, 1.807) is 48.5 Å². The first-order valence-electron chi connectivity index (χ1n) is 13.5. The van der Waals surface area contributed by atoms with Crippen LogP contribution in [0.4, 0.5) is 0 Å². The lowest BCUT2D eigenvalue weighted by Crippen LogP contribution is -2.60. The number of rotatable bonds is 8. The Morgan fingerprint density at radius 2 is 1.48 bits per heavy atom. The lowest BCUT2D eigenvalue weighted by Gasteiger charge is -2.38. The van der Waals surface area contributed by atoms with Gasteiger partial charge in [0.15, 0.2) is 0 Å². The van der Waals surface area contributed by atoms with Gasteiger partial charge in [-0.1, -0.05) is 65.7 Å². The summed E-state index contributed by atoms with van der Waals surface area (Å²) < 4.78 is 58.1. The van der Waals surface area contributed by atoms with Gasteiger partial charge in [-0.3, -0.25) is 4.79 Å². The quantitative estimate of drug-likeness (QED) is 0.216. The van der Waals surface area contributed by atoms with Gasteiger partial charge >= 0.3 is 0 Å². The van der Waals surface area contributed by atoms with E-state index in [1.165, 1.54) is 30.5 Å². The molecule has 44 heavy (non-hydrogen) atoms. The summed E-state index contributed by atoms with van der Waals surface area (Å²) in [4.78, 5) is 13.6. The lowest BCUT2D eigenvalue weighted by molar-refractivity contribution is -0.125. The summed E-state index contributed by atoms with van der Waals surface area (Å²) >= 11 is 12.7. The molecule has 2 heterocycles. The van der Waals surface area contributed by atoms with Crippen molar-refractivity contribution in [1.29, 1.82) is 0 Å². The van der Waals surface area contributed by atoms with Crippen LogP contribution in [0.1, 0.15) is 17.0 Å². The Morgan fingerprint density at radius 1 is 0.864 bits per heavy atom. The van der Waals surface area contributed by atoms with Crippen LogP contribution >= 0.6 is 23.2 Å². The third-order valence-electron chi connectivity index (χ3n) is 7.35. The molecule has 230 valence electrons. The summed E-state index contributed by atoms with van der Waals surface area (Å²) in [5.41, 5.74) is 5.40. The number of piperazine rings is 1. The number of sulfonamides is 2. The second kappa shape index (κ2) is 12.8. The number of nitrogens with zero attached hydrogens (tertiary/aromatic N) is 4. The second-order valence-electron chi connectivity index (χ2n) is 10.1. The Balaban J connectivity index is 1.43. The van der Waals surface area contributed by atoms with Crippen LogP contribution in [0.25, 0.3) is 5.69 Å². The van der Waals surface area contributed by atoms with Crippen LogP contribution < -0.4 is 5.43 Å². The maximum atomic E-state index is 13.6. The molecule has 5 rings (SSSR count). The van der Waals surface area contributed by atoms with Crippen LogP contribution in [0.15, 0.2) is 99.8 Å². The van der Waals surface area contributed by atoms with E-state index in [9.17, 15) is 21.6 Å². The molecule has 0 bridgehead atoms. The molecule has 1 atom stereocenters. The van der Waals surface area contributed by atoms with Gasteiger partial charge in [0, 0.05) is 36.6 Å². The van der Waals surface area contributed by atoms with Crippen molar-refractivity contribution in [1.82, 2.24) is 18.6 Å². The van der Waals surface area contributed by atoms with E-state index in [-0.39, 0.29) is 22.9 Å². The van der Waals surface area contributed by atoms with Crippen molar-refractivity contribution in [2.45, 2.75) is 29.7 Å². The molecular weight excluding hydrogens is 645 g/mol. The fourth-order valence-corrected chi connectivity index (χ4v) is 8.55. The molecular formula is C30H29Cl2N5O5S2. The van der Waals surface area contributed by atoms with E-state index in [2.05, 4.69) is 10.5 Å². The Bertz CT molecular complexity index is 1930. The van der Waals surface area contributed by atoms with Crippen molar-refractivity contribution < 1.29 is 21.6 Å². The third-order valence-corrected chi connectivity index (χ3v) is 12.0. The molecule has 1 aliphatic heterocycles. The van der Waals surface area contributed by atoms with Gasteiger partial charge < -0.3 is 4.57 Å². The average Bonchev–Trinajstić information content (AvgIpc) is 3.31. The molecule has 4 aromatic rings.